The van der Waals surface area contributed by atoms with Crippen molar-refractivity contribution in [3.05, 3.63) is 29.6 Å². The van der Waals surface area contributed by atoms with Gasteiger partial charge in [0, 0.05) is 17.7 Å². The van der Waals surface area contributed by atoms with E-state index in [1.165, 1.54) is 6.07 Å². The summed E-state index contributed by atoms with van der Waals surface area (Å²) in [6.07, 6.45) is 2.22. The van der Waals surface area contributed by atoms with Gasteiger partial charge in [0.25, 0.3) is 0 Å². The van der Waals surface area contributed by atoms with Crippen molar-refractivity contribution in [2.24, 2.45) is 11.7 Å². The van der Waals surface area contributed by atoms with Crippen LogP contribution < -0.4 is 5.73 Å². The lowest BCUT2D eigenvalue weighted by molar-refractivity contribution is 0.450. The molecular weight excluding hydrogens is 169 g/mol. The van der Waals surface area contributed by atoms with E-state index in [4.69, 9.17) is 5.73 Å². The molecule has 0 amide bonds. The number of nitrogens with two attached hydrogens (primary N) is 1. The first kappa shape index (κ1) is 8.51. The molecule has 1 fully saturated rings. The van der Waals surface area contributed by atoms with Gasteiger partial charge < -0.3 is 10.8 Å². The van der Waals surface area contributed by atoms with Crippen LogP contribution in [-0.4, -0.2) is 5.11 Å². The van der Waals surface area contributed by atoms with Crippen LogP contribution in [-0.2, 0) is 0 Å². The smallest absolute Gasteiger partial charge is 0.126 e. The van der Waals surface area contributed by atoms with E-state index in [2.05, 4.69) is 0 Å². The van der Waals surface area contributed by atoms with Gasteiger partial charge in [0.05, 0.1) is 0 Å². The highest BCUT2D eigenvalue weighted by Crippen LogP contribution is 2.41. The Bertz CT molecular complexity index is 323. The Morgan fingerprint density at radius 2 is 2.15 bits per heavy atom. The predicted molar refractivity (Wildman–Crippen MR) is 47.7 cm³/mol. The van der Waals surface area contributed by atoms with E-state index < -0.39 is 5.82 Å². The van der Waals surface area contributed by atoms with E-state index in [9.17, 15) is 9.50 Å². The van der Waals surface area contributed by atoms with Crippen LogP contribution in [0, 0.1) is 11.7 Å². The summed E-state index contributed by atoms with van der Waals surface area (Å²) in [6.45, 7) is 0. The maximum Gasteiger partial charge on any atom is 0.126 e. The molecule has 0 unspecified atom stereocenters. The monoisotopic (exact) mass is 181 g/mol. The average molecular weight is 181 g/mol. The van der Waals surface area contributed by atoms with E-state index >= 15 is 0 Å². The second-order valence-electron chi connectivity index (χ2n) is 3.57. The molecule has 70 valence electrons. The second kappa shape index (κ2) is 3.00. The van der Waals surface area contributed by atoms with Crippen molar-refractivity contribution < 1.29 is 9.50 Å². The molecule has 0 radical (unpaired) electrons. The molecule has 1 aromatic carbocycles. The molecule has 0 spiro atoms. The van der Waals surface area contributed by atoms with Crippen LogP contribution in [0.1, 0.15) is 24.4 Å². The van der Waals surface area contributed by atoms with Gasteiger partial charge in [-0.15, -0.1) is 0 Å². The Hall–Kier alpha value is -1.09. The van der Waals surface area contributed by atoms with Crippen LogP contribution >= 0.6 is 0 Å². The molecule has 0 aromatic heterocycles. The zero-order valence-electron chi connectivity index (χ0n) is 7.20. The van der Waals surface area contributed by atoms with E-state index in [1.54, 1.807) is 6.07 Å². The van der Waals surface area contributed by atoms with Gasteiger partial charge in [-0.3, -0.25) is 0 Å². The molecule has 0 aliphatic heterocycles. The SMILES string of the molecule is N[C@@H](c1ccc(F)cc1O)C1CC1. The maximum atomic E-state index is 12.6. The summed E-state index contributed by atoms with van der Waals surface area (Å²) in [6, 6.07) is 3.86. The Labute approximate surface area is 76.2 Å². The normalized spacial score (nSPS) is 18.6. The minimum atomic E-state index is -0.427. The summed E-state index contributed by atoms with van der Waals surface area (Å²) < 4.78 is 12.6. The van der Waals surface area contributed by atoms with Crippen molar-refractivity contribution in [3.8, 4) is 5.75 Å². The van der Waals surface area contributed by atoms with Gasteiger partial charge in [-0.2, -0.15) is 0 Å². The second-order valence-corrected chi connectivity index (χ2v) is 3.57. The molecule has 13 heavy (non-hydrogen) atoms. The summed E-state index contributed by atoms with van der Waals surface area (Å²) in [4.78, 5) is 0. The summed E-state index contributed by atoms with van der Waals surface area (Å²) in [5.41, 5.74) is 6.53. The summed E-state index contributed by atoms with van der Waals surface area (Å²) in [5.74, 6) is 0.0139. The predicted octanol–water partition coefficient (Wildman–Crippen LogP) is 1.94. The van der Waals surface area contributed by atoms with Crippen molar-refractivity contribution in [1.29, 1.82) is 0 Å². The fourth-order valence-electron chi connectivity index (χ4n) is 1.51. The number of phenols is 1. The van der Waals surface area contributed by atoms with E-state index in [1.807, 2.05) is 0 Å². The molecule has 1 saturated carbocycles. The van der Waals surface area contributed by atoms with Crippen LogP contribution in [0.25, 0.3) is 0 Å². The van der Waals surface area contributed by atoms with Crippen LogP contribution in [0.3, 0.4) is 0 Å². The lowest BCUT2D eigenvalue weighted by Gasteiger charge is -2.11. The van der Waals surface area contributed by atoms with E-state index in [0.717, 1.165) is 18.9 Å². The minimum Gasteiger partial charge on any atom is -0.508 e. The highest BCUT2D eigenvalue weighted by atomic mass is 19.1. The van der Waals surface area contributed by atoms with Crippen molar-refractivity contribution in [2.75, 3.05) is 0 Å². The molecule has 0 saturated heterocycles. The first-order valence-electron chi connectivity index (χ1n) is 4.42. The third kappa shape index (κ3) is 1.65. The summed E-state index contributed by atoms with van der Waals surface area (Å²) in [7, 11) is 0. The number of rotatable bonds is 2. The van der Waals surface area contributed by atoms with Crippen molar-refractivity contribution in [2.45, 2.75) is 18.9 Å². The fourth-order valence-corrected chi connectivity index (χ4v) is 1.51. The molecule has 1 aromatic rings. The topological polar surface area (TPSA) is 46.2 Å². The standard InChI is InChI=1S/C10H12FNO/c11-7-3-4-8(9(13)5-7)10(12)6-1-2-6/h3-6,10,13H,1-2,12H2/t10-/m1/s1. The molecule has 3 N–H and O–H groups in total. The highest BCUT2D eigenvalue weighted by Gasteiger charge is 2.30. The van der Waals surface area contributed by atoms with Crippen LogP contribution in [0.5, 0.6) is 5.75 Å². The zero-order valence-corrected chi connectivity index (χ0v) is 7.20. The Balaban J connectivity index is 2.28. The number of hydrogen-bond acceptors (Lipinski definition) is 2. The number of halogens is 1. The summed E-state index contributed by atoms with van der Waals surface area (Å²) in [5, 5.41) is 9.42. The van der Waals surface area contributed by atoms with Crippen LogP contribution in [0.4, 0.5) is 4.39 Å². The number of aromatic hydroxyl groups is 1. The van der Waals surface area contributed by atoms with Gasteiger partial charge in [-0.1, -0.05) is 6.07 Å². The molecule has 2 rings (SSSR count). The number of phenolic OH excluding ortho intramolecular Hbond substituents is 1. The Morgan fingerprint density at radius 1 is 1.46 bits per heavy atom. The molecule has 0 bridgehead atoms. The quantitative estimate of drug-likeness (QED) is 0.732. The lowest BCUT2D eigenvalue weighted by atomic mass is 10.0. The largest absolute Gasteiger partial charge is 0.508 e. The lowest BCUT2D eigenvalue weighted by Crippen LogP contribution is -2.12. The van der Waals surface area contributed by atoms with Gasteiger partial charge in [0.2, 0.25) is 0 Å². The van der Waals surface area contributed by atoms with Gasteiger partial charge in [0.1, 0.15) is 11.6 Å². The number of benzene rings is 1. The first-order valence-corrected chi connectivity index (χ1v) is 4.42. The molecule has 3 heteroatoms. The fraction of sp³-hybridized carbons (Fsp3) is 0.400. The van der Waals surface area contributed by atoms with Crippen molar-refractivity contribution in [3.63, 3.8) is 0 Å². The average Bonchev–Trinajstić information content (AvgIpc) is 2.85. The van der Waals surface area contributed by atoms with Crippen LogP contribution in [0.2, 0.25) is 0 Å². The third-order valence-electron chi connectivity index (χ3n) is 2.48. The highest BCUT2D eigenvalue weighted by molar-refractivity contribution is 5.35. The molecule has 1 aliphatic rings. The van der Waals surface area contributed by atoms with Gasteiger partial charge in [-0.25, -0.2) is 4.39 Å². The Kier molecular flexibility index (Phi) is 1.96. The summed E-state index contributed by atoms with van der Waals surface area (Å²) >= 11 is 0. The number of hydrogen-bond donors (Lipinski definition) is 2. The molecule has 0 heterocycles. The van der Waals surface area contributed by atoms with Gasteiger partial charge >= 0.3 is 0 Å². The molecule has 1 atom stereocenters. The zero-order chi connectivity index (χ0) is 9.42. The molecule has 1 aliphatic carbocycles. The molecular formula is C10H12FNO. The van der Waals surface area contributed by atoms with Gasteiger partial charge in [-0.05, 0) is 24.8 Å². The van der Waals surface area contributed by atoms with E-state index in [0.29, 0.717) is 11.5 Å². The maximum absolute atomic E-state index is 12.6. The molecule has 2 nitrogen and oxygen atoms in total. The van der Waals surface area contributed by atoms with Gasteiger partial charge in [0.15, 0.2) is 0 Å². The minimum absolute atomic E-state index is 0.0283. The first-order chi connectivity index (χ1) is 6.18. The van der Waals surface area contributed by atoms with E-state index in [-0.39, 0.29) is 11.8 Å². The van der Waals surface area contributed by atoms with Crippen molar-refractivity contribution >= 4 is 0 Å². The van der Waals surface area contributed by atoms with Crippen molar-refractivity contribution in [1.82, 2.24) is 0 Å². The Morgan fingerprint density at radius 3 is 2.69 bits per heavy atom. The van der Waals surface area contributed by atoms with Crippen LogP contribution in [0.15, 0.2) is 18.2 Å². The third-order valence-corrected chi connectivity index (χ3v) is 2.48.